The Morgan fingerprint density at radius 1 is 0.462 bits per heavy atom. The number of azo groups is 2. The number of phenols is 1. The molecule has 6 rings (SSSR count). The van der Waals surface area contributed by atoms with E-state index in [1.807, 2.05) is 0 Å². The Labute approximate surface area is 293 Å². The molecule has 22 heteroatoms. The third-order valence-corrected chi connectivity index (χ3v) is 11.1. The zero-order chi connectivity index (χ0) is 38.0. The fourth-order valence-electron chi connectivity index (χ4n) is 5.19. The van der Waals surface area contributed by atoms with Crippen LogP contribution in [0.2, 0.25) is 0 Å². The first-order chi connectivity index (χ1) is 24.1. The number of nitrogen functional groups attached to an aromatic ring is 1. The van der Waals surface area contributed by atoms with Crippen molar-refractivity contribution in [2.75, 3.05) is 5.73 Å². The van der Waals surface area contributed by atoms with E-state index < -0.39 is 72.3 Å². The molecule has 0 unspecified atom stereocenters. The van der Waals surface area contributed by atoms with Gasteiger partial charge < -0.3 is 10.8 Å². The lowest BCUT2D eigenvalue weighted by Crippen LogP contribution is -2.04. The molecule has 52 heavy (non-hydrogen) atoms. The van der Waals surface area contributed by atoms with Gasteiger partial charge in [0.05, 0.1) is 32.5 Å². The van der Waals surface area contributed by atoms with Gasteiger partial charge in [-0.1, -0.05) is 18.2 Å². The van der Waals surface area contributed by atoms with Crippen LogP contribution in [0.3, 0.4) is 0 Å². The first-order valence-electron chi connectivity index (χ1n) is 14.0. The molecule has 18 nitrogen and oxygen atoms in total. The fraction of sp³-hybridized carbons (Fsp3) is 0. The van der Waals surface area contributed by atoms with Crippen molar-refractivity contribution in [3.8, 4) is 5.75 Å². The minimum absolute atomic E-state index is 0.0256. The van der Waals surface area contributed by atoms with E-state index in [1.165, 1.54) is 42.5 Å². The average molecular weight is 788 g/mol. The van der Waals surface area contributed by atoms with Crippen molar-refractivity contribution in [2.24, 2.45) is 20.5 Å². The highest BCUT2D eigenvalue weighted by Gasteiger charge is 2.25. The van der Waals surface area contributed by atoms with Gasteiger partial charge in [0.15, 0.2) is 5.75 Å². The molecule has 6 aromatic carbocycles. The minimum atomic E-state index is -5.18. The lowest BCUT2D eigenvalue weighted by molar-refractivity contribution is 0.472. The van der Waals surface area contributed by atoms with Crippen LogP contribution in [-0.2, 0) is 40.5 Å². The predicted molar refractivity (Wildman–Crippen MR) is 186 cm³/mol. The third-order valence-electron chi connectivity index (χ3n) is 7.60. The Bertz CT molecular complexity index is 3040. The molecule has 0 atom stereocenters. The molecule has 0 amide bonds. The van der Waals surface area contributed by atoms with Gasteiger partial charge in [-0.05, 0) is 82.9 Å². The number of rotatable bonds is 8. The second-order valence-electron chi connectivity index (χ2n) is 11.0. The Morgan fingerprint density at radius 2 is 1.02 bits per heavy atom. The Balaban J connectivity index is 1.49. The number of hydrogen-bond acceptors (Lipinski definition) is 14. The Hall–Kier alpha value is -5.46. The van der Waals surface area contributed by atoms with Gasteiger partial charge >= 0.3 is 0 Å². The van der Waals surface area contributed by atoms with Crippen LogP contribution >= 0.6 is 0 Å². The number of benzene rings is 6. The molecule has 0 aliphatic carbocycles. The van der Waals surface area contributed by atoms with E-state index in [1.54, 1.807) is 12.1 Å². The van der Waals surface area contributed by atoms with Gasteiger partial charge in [-0.25, -0.2) is 0 Å². The summed E-state index contributed by atoms with van der Waals surface area (Å²) in [7, 11) is -19.3. The second kappa shape index (κ2) is 12.6. The van der Waals surface area contributed by atoms with Crippen LogP contribution in [0.5, 0.6) is 5.75 Å². The maximum atomic E-state index is 12.3. The van der Waals surface area contributed by atoms with Crippen LogP contribution in [-0.4, -0.2) is 57.0 Å². The zero-order valence-corrected chi connectivity index (χ0v) is 28.9. The van der Waals surface area contributed by atoms with Crippen molar-refractivity contribution in [2.45, 2.75) is 19.6 Å². The summed E-state index contributed by atoms with van der Waals surface area (Å²) in [4.78, 5) is -2.75. The molecule has 0 radical (unpaired) electrons. The van der Waals surface area contributed by atoms with E-state index >= 15 is 0 Å². The van der Waals surface area contributed by atoms with Gasteiger partial charge in [0, 0.05) is 16.2 Å². The molecular formula is C30H21N5O13S4. The molecule has 0 heterocycles. The van der Waals surface area contributed by atoms with Gasteiger partial charge in [-0.2, -0.15) is 38.8 Å². The summed E-state index contributed by atoms with van der Waals surface area (Å²) < 4.78 is 134. The smallest absolute Gasteiger partial charge is 0.296 e. The van der Waals surface area contributed by atoms with Crippen LogP contribution < -0.4 is 5.73 Å². The van der Waals surface area contributed by atoms with Gasteiger partial charge in [-0.15, -0.1) is 15.3 Å². The first kappa shape index (κ1) is 36.3. The maximum Gasteiger partial charge on any atom is 0.296 e. The summed E-state index contributed by atoms with van der Waals surface area (Å²) in [5.41, 5.74) is 4.59. The minimum Gasteiger partial charge on any atom is -0.505 e. The summed E-state index contributed by atoms with van der Waals surface area (Å²) in [6.07, 6.45) is 0. The van der Waals surface area contributed by atoms with Crippen LogP contribution in [0.4, 0.5) is 28.4 Å². The average Bonchev–Trinajstić information content (AvgIpc) is 3.04. The molecule has 0 bridgehead atoms. The lowest BCUT2D eigenvalue weighted by Gasteiger charge is -2.11. The Kier molecular flexibility index (Phi) is 8.83. The Morgan fingerprint density at radius 3 is 1.65 bits per heavy atom. The number of anilines is 1. The van der Waals surface area contributed by atoms with Crippen molar-refractivity contribution in [3.63, 3.8) is 0 Å². The molecular weight excluding hydrogens is 767 g/mol. The molecule has 0 spiro atoms. The summed E-state index contributed by atoms with van der Waals surface area (Å²) in [6.45, 7) is 0. The molecule has 0 fully saturated rings. The molecule has 0 aromatic heterocycles. The fourth-order valence-corrected chi connectivity index (χ4v) is 7.50. The summed E-state index contributed by atoms with van der Waals surface area (Å²) in [5, 5.41) is 27.9. The van der Waals surface area contributed by atoms with Crippen molar-refractivity contribution in [3.05, 3.63) is 84.9 Å². The predicted octanol–water partition coefficient (Wildman–Crippen LogP) is 6.25. The van der Waals surface area contributed by atoms with Gasteiger partial charge in [0.1, 0.15) is 15.5 Å². The van der Waals surface area contributed by atoms with Crippen molar-refractivity contribution in [1.29, 1.82) is 0 Å². The van der Waals surface area contributed by atoms with Crippen LogP contribution in [0.15, 0.2) is 125 Å². The van der Waals surface area contributed by atoms with Crippen molar-refractivity contribution >= 4 is 101 Å². The van der Waals surface area contributed by atoms with E-state index in [9.17, 15) is 57.0 Å². The molecule has 0 saturated heterocycles. The van der Waals surface area contributed by atoms with E-state index in [2.05, 4.69) is 20.5 Å². The first-order valence-corrected chi connectivity index (χ1v) is 19.8. The molecule has 7 N–H and O–H groups in total. The van der Waals surface area contributed by atoms with E-state index in [0.717, 1.165) is 30.3 Å². The SMILES string of the molecule is Nc1cc2c(O)c(N=Nc3ccc(N=Nc4ccc5ccc(S(=O)(=O)O)cc5c4)c4ccc(S(=O)(=O)O)cc34)c(S(=O)(=O)O)cc2cc1S(=O)(=O)O. The topological polar surface area (TPSA) is 313 Å². The van der Waals surface area contributed by atoms with Crippen molar-refractivity contribution < 1.29 is 57.0 Å². The van der Waals surface area contributed by atoms with Crippen LogP contribution in [0.1, 0.15) is 0 Å². The van der Waals surface area contributed by atoms with E-state index in [0.29, 0.717) is 10.8 Å². The normalized spacial score (nSPS) is 13.2. The highest BCUT2D eigenvalue weighted by molar-refractivity contribution is 7.86. The van der Waals surface area contributed by atoms with E-state index in [4.69, 9.17) is 5.73 Å². The number of phenolic OH excluding ortho intramolecular Hbond substituents is 1. The number of fused-ring (bicyclic) bond motifs is 3. The standard InChI is InChI=1S/C30H21N5O13S4/c31-24-14-22-17(11-27(24)51(43,44)45)12-28(52(46,47)48)29(30(22)36)35-34-26-8-7-25(21-6-5-20(13-23(21)26)50(40,41)42)33-32-18-3-1-15-2-4-19(49(37,38)39)10-16(15)9-18/h1-14,36H,31H2,(H,37,38,39)(H,40,41,42)(H,43,44,45)(H,46,47,48). The quantitative estimate of drug-likeness (QED) is 0.0564. The number of aromatic hydroxyl groups is 1. The molecule has 0 saturated carbocycles. The van der Waals surface area contributed by atoms with Gasteiger partial charge in [0.25, 0.3) is 40.5 Å². The van der Waals surface area contributed by atoms with Gasteiger partial charge in [0.2, 0.25) is 0 Å². The molecule has 6 aromatic rings. The number of nitrogens with zero attached hydrogens (tertiary/aromatic N) is 4. The zero-order valence-electron chi connectivity index (χ0n) is 25.6. The maximum absolute atomic E-state index is 12.3. The summed E-state index contributed by atoms with van der Waals surface area (Å²) in [6, 6.07) is 17.0. The van der Waals surface area contributed by atoms with Crippen LogP contribution in [0.25, 0.3) is 32.3 Å². The summed E-state index contributed by atoms with van der Waals surface area (Å²) in [5.74, 6) is -0.921. The lowest BCUT2D eigenvalue weighted by atomic mass is 10.1. The van der Waals surface area contributed by atoms with Gasteiger partial charge in [-0.3, -0.25) is 18.2 Å². The highest BCUT2D eigenvalue weighted by Crippen LogP contribution is 2.44. The number of hydrogen-bond donors (Lipinski definition) is 6. The summed E-state index contributed by atoms with van der Waals surface area (Å²) >= 11 is 0. The second-order valence-corrected chi connectivity index (χ2v) is 16.6. The molecule has 0 aliphatic rings. The molecule has 0 aliphatic heterocycles. The third kappa shape index (κ3) is 7.17. The highest BCUT2D eigenvalue weighted by atomic mass is 32.2. The largest absolute Gasteiger partial charge is 0.505 e. The monoisotopic (exact) mass is 787 g/mol. The van der Waals surface area contributed by atoms with Crippen molar-refractivity contribution in [1.82, 2.24) is 0 Å². The van der Waals surface area contributed by atoms with E-state index in [-0.39, 0.29) is 43.5 Å². The van der Waals surface area contributed by atoms with Crippen LogP contribution in [0, 0.1) is 0 Å². The number of nitrogens with two attached hydrogens (primary N) is 1. The molecule has 268 valence electrons.